The summed E-state index contributed by atoms with van der Waals surface area (Å²) in [6.07, 6.45) is 12.9. The Morgan fingerprint density at radius 3 is 2.37 bits per heavy atom. The molecule has 232 valence electrons. The Balaban J connectivity index is 1.38. The van der Waals surface area contributed by atoms with Gasteiger partial charge in [0.2, 0.25) is 0 Å². The topological polar surface area (TPSA) is 111 Å². The first-order chi connectivity index (χ1) is 19.3. The molecule has 0 unspecified atom stereocenters. The lowest BCUT2D eigenvalue weighted by atomic mass is 9.41. The highest BCUT2D eigenvalue weighted by molar-refractivity contribution is 5.95. The van der Waals surface area contributed by atoms with E-state index in [2.05, 4.69) is 13.8 Å². The van der Waals surface area contributed by atoms with Crippen LogP contribution >= 0.6 is 0 Å². The third-order valence-electron chi connectivity index (χ3n) is 14.0. The first-order valence-corrected chi connectivity index (χ1v) is 17.0. The number of rotatable bonds is 7. The predicted molar refractivity (Wildman–Crippen MR) is 158 cm³/mol. The lowest BCUT2D eigenvalue weighted by Gasteiger charge is -2.63. The summed E-state index contributed by atoms with van der Waals surface area (Å²) < 4.78 is 6.16. The van der Waals surface area contributed by atoms with Gasteiger partial charge in [-0.15, -0.1) is 0 Å². The van der Waals surface area contributed by atoms with Crippen LogP contribution in [0.1, 0.15) is 125 Å². The Morgan fingerprint density at radius 2 is 1.71 bits per heavy atom. The second-order valence-corrected chi connectivity index (χ2v) is 16.0. The molecule has 5 aliphatic carbocycles. The lowest BCUT2D eigenvalue weighted by Crippen LogP contribution is -2.63. The number of aliphatic hydroxyl groups is 4. The minimum absolute atomic E-state index is 0.00810. The number of aliphatic hydroxyl groups excluding tert-OH is 1. The van der Waals surface area contributed by atoms with E-state index in [9.17, 15) is 25.2 Å². The molecule has 0 radical (unpaired) electrons. The van der Waals surface area contributed by atoms with Crippen molar-refractivity contribution in [1.82, 2.24) is 0 Å². The molecule has 6 nitrogen and oxygen atoms in total. The van der Waals surface area contributed by atoms with Crippen LogP contribution in [-0.2, 0) is 9.53 Å². The standard InChI is InChI=1S/C35H56O6/c1-6-15-34(39,30-29(41-30)32(5,38)21(2)3)28-14-18-35(40)25-20-27(37)26-19-23(36)12-17-33(26,22-10-8-7-9-11-22)24(25)13-16-31(28,35)4/h20-24,26,28-30,36,38-40H,6-19H2,1-5H3/t23-,24-,26-,28-,29-,30-,31+,32+,33-,34+,35+/m0/s1. The van der Waals surface area contributed by atoms with Gasteiger partial charge in [-0.1, -0.05) is 53.4 Å². The van der Waals surface area contributed by atoms with Crippen molar-refractivity contribution in [2.24, 2.45) is 40.4 Å². The van der Waals surface area contributed by atoms with Crippen molar-refractivity contribution < 1.29 is 30.0 Å². The van der Waals surface area contributed by atoms with Gasteiger partial charge in [0.05, 0.1) is 22.9 Å². The molecule has 11 atom stereocenters. The number of carbonyl (C=O) groups is 1. The Bertz CT molecular complexity index is 1060. The summed E-state index contributed by atoms with van der Waals surface area (Å²) in [4.78, 5) is 14.0. The molecule has 1 saturated heterocycles. The number of ether oxygens (including phenoxy) is 1. The minimum atomic E-state index is -1.15. The average Bonchev–Trinajstić information content (AvgIpc) is 3.70. The highest BCUT2D eigenvalue weighted by atomic mass is 16.6. The summed E-state index contributed by atoms with van der Waals surface area (Å²) in [5.41, 5.74) is -3.15. The van der Waals surface area contributed by atoms with Crippen LogP contribution in [-0.4, -0.2) is 61.3 Å². The van der Waals surface area contributed by atoms with Gasteiger partial charge in [0.25, 0.3) is 0 Å². The smallest absolute Gasteiger partial charge is 0.159 e. The number of allylic oxidation sites excluding steroid dienone is 1. The SMILES string of the molecule is CCC[C@@](O)([C@H]1CC[C@@]2(O)C3=CC(=O)[C@@H]4C[C@@H](O)CC[C@]4(C4CCCCC4)[C@H]3CC[C@]12C)[C@H]1O[C@@H]1[C@](C)(O)C(C)C. The summed E-state index contributed by atoms with van der Waals surface area (Å²) in [7, 11) is 0. The molecule has 0 aromatic carbocycles. The molecule has 5 fully saturated rings. The van der Waals surface area contributed by atoms with Crippen molar-refractivity contribution in [2.75, 3.05) is 0 Å². The van der Waals surface area contributed by atoms with Gasteiger partial charge in [-0.2, -0.15) is 0 Å². The van der Waals surface area contributed by atoms with Crippen LogP contribution < -0.4 is 0 Å². The zero-order valence-corrected chi connectivity index (χ0v) is 26.2. The number of hydrogen-bond donors (Lipinski definition) is 4. The number of carbonyl (C=O) groups excluding carboxylic acids is 1. The normalized spacial score (nSPS) is 47.6. The average molecular weight is 573 g/mol. The van der Waals surface area contributed by atoms with Crippen LogP contribution in [0, 0.1) is 40.4 Å². The van der Waals surface area contributed by atoms with Crippen LogP contribution in [0.25, 0.3) is 0 Å². The van der Waals surface area contributed by atoms with Crippen molar-refractivity contribution in [1.29, 1.82) is 0 Å². The maximum Gasteiger partial charge on any atom is 0.159 e. The monoisotopic (exact) mass is 572 g/mol. The highest BCUT2D eigenvalue weighted by Crippen LogP contribution is 2.71. The Hall–Kier alpha value is -0.790. The zero-order valence-electron chi connectivity index (χ0n) is 26.2. The Morgan fingerprint density at radius 1 is 1.00 bits per heavy atom. The van der Waals surface area contributed by atoms with Gasteiger partial charge in [-0.25, -0.2) is 0 Å². The van der Waals surface area contributed by atoms with E-state index < -0.39 is 40.5 Å². The van der Waals surface area contributed by atoms with E-state index in [4.69, 9.17) is 4.74 Å². The largest absolute Gasteiger partial charge is 0.393 e. The molecule has 0 amide bonds. The maximum atomic E-state index is 14.0. The molecule has 6 aliphatic rings. The van der Waals surface area contributed by atoms with E-state index in [1.54, 1.807) is 0 Å². The van der Waals surface area contributed by atoms with Gasteiger partial charge < -0.3 is 25.2 Å². The molecule has 1 heterocycles. The van der Waals surface area contributed by atoms with Crippen molar-refractivity contribution in [3.63, 3.8) is 0 Å². The van der Waals surface area contributed by atoms with E-state index in [1.165, 1.54) is 19.3 Å². The van der Waals surface area contributed by atoms with Gasteiger partial charge in [0, 0.05) is 11.3 Å². The van der Waals surface area contributed by atoms with Gasteiger partial charge in [0.15, 0.2) is 5.78 Å². The Labute approximate surface area is 247 Å². The van der Waals surface area contributed by atoms with Crippen LogP contribution in [0.15, 0.2) is 11.6 Å². The maximum absolute atomic E-state index is 14.0. The van der Waals surface area contributed by atoms with E-state index in [1.807, 2.05) is 26.8 Å². The third kappa shape index (κ3) is 4.16. The molecule has 4 N–H and O–H groups in total. The molecular weight excluding hydrogens is 516 g/mol. The Kier molecular flexibility index (Phi) is 7.47. The summed E-state index contributed by atoms with van der Waals surface area (Å²) in [6.45, 7) is 10.0. The number of hydrogen-bond acceptors (Lipinski definition) is 6. The fraction of sp³-hybridized carbons (Fsp3) is 0.914. The molecule has 0 spiro atoms. The summed E-state index contributed by atoms with van der Waals surface area (Å²) >= 11 is 0. The molecular formula is C35H56O6. The summed E-state index contributed by atoms with van der Waals surface area (Å²) in [5.74, 6) is 0.391. The zero-order chi connectivity index (χ0) is 29.6. The molecule has 4 saturated carbocycles. The van der Waals surface area contributed by atoms with E-state index in [0.717, 1.165) is 50.5 Å². The lowest BCUT2D eigenvalue weighted by molar-refractivity contribution is -0.168. The third-order valence-corrected chi connectivity index (χ3v) is 14.0. The second kappa shape index (κ2) is 10.1. The molecule has 0 aromatic rings. The van der Waals surface area contributed by atoms with Crippen LogP contribution in [0.3, 0.4) is 0 Å². The van der Waals surface area contributed by atoms with Crippen molar-refractivity contribution in [3.05, 3.63) is 11.6 Å². The van der Waals surface area contributed by atoms with Crippen LogP contribution in [0.5, 0.6) is 0 Å². The van der Waals surface area contributed by atoms with Crippen molar-refractivity contribution in [2.45, 2.75) is 160 Å². The number of epoxide rings is 1. The first kappa shape index (κ1) is 30.2. The molecule has 1 aliphatic heterocycles. The van der Waals surface area contributed by atoms with Crippen molar-refractivity contribution in [3.8, 4) is 0 Å². The number of fused-ring (bicyclic) bond motifs is 5. The van der Waals surface area contributed by atoms with Gasteiger partial charge in [0.1, 0.15) is 12.2 Å². The second-order valence-electron chi connectivity index (χ2n) is 16.0. The van der Waals surface area contributed by atoms with E-state index in [-0.39, 0.29) is 34.9 Å². The predicted octanol–water partition coefficient (Wildman–Crippen LogP) is 5.49. The summed E-state index contributed by atoms with van der Waals surface area (Å²) in [6, 6.07) is 0. The summed E-state index contributed by atoms with van der Waals surface area (Å²) in [5, 5.41) is 47.3. The van der Waals surface area contributed by atoms with Crippen LogP contribution in [0.2, 0.25) is 0 Å². The first-order valence-electron chi connectivity index (χ1n) is 17.0. The molecule has 41 heavy (non-hydrogen) atoms. The fourth-order valence-corrected chi connectivity index (χ4v) is 11.4. The van der Waals surface area contributed by atoms with E-state index >= 15 is 0 Å². The number of ketones is 1. The van der Waals surface area contributed by atoms with E-state index in [0.29, 0.717) is 31.6 Å². The molecule has 0 bridgehead atoms. The van der Waals surface area contributed by atoms with Gasteiger partial charge in [-0.05, 0) is 112 Å². The molecule has 6 rings (SSSR count). The molecule has 0 aromatic heterocycles. The van der Waals surface area contributed by atoms with Gasteiger partial charge in [-0.3, -0.25) is 4.79 Å². The van der Waals surface area contributed by atoms with Gasteiger partial charge >= 0.3 is 0 Å². The quantitative estimate of drug-likeness (QED) is 0.301. The minimum Gasteiger partial charge on any atom is -0.393 e. The molecule has 6 heteroatoms. The van der Waals surface area contributed by atoms with Crippen LogP contribution in [0.4, 0.5) is 0 Å². The fourth-order valence-electron chi connectivity index (χ4n) is 11.4. The highest BCUT2D eigenvalue weighted by Gasteiger charge is 2.73. The van der Waals surface area contributed by atoms with Crippen molar-refractivity contribution >= 4 is 5.78 Å².